The number of hydrogen-bond acceptors (Lipinski definition) is 5. The van der Waals surface area contributed by atoms with E-state index in [-0.39, 0.29) is 24.1 Å². The number of carboxylic acids is 1. The zero-order chi connectivity index (χ0) is 16.5. The molecule has 0 aromatic carbocycles. The lowest BCUT2D eigenvalue weighted by Gasteiger charge is -2.54. The molecule has 1 amide bonds. The lowest BCUT2D eigenvalue weighted by atomic mass is 9.68. The molecule has 2 aliphatic rings. The number of carbonyl (C=O) groups is 2. The summed E-state index contributed by atoms with van der Waals surface area (Å²) in [6.45, 7) is 7.69. The Morgan fingerprint density at radius 1 is 1.32 bits per heavy atom. The Labute approximate surface area is 130 Å². The molecular weight excluding hydrogens is 288 g/mol. The van der Waals surface area contributed by atoms with Gasteiger partial charge in [-0.1, -0.05) is 0 Å². The van der Waals surface area contributed by atoms with E-state index in [0.29, 0.717) is 6.61 Å². The van der Waals surface area contributed by atoms with Crippen LogP contribution in [0.5, 0.6) is 0 Å². The van der Waals surface area contributed by atoms with Crippen LogP contribution in [0.1, 0.15) is 40.5 Å². The van der Waals surface area contributed by atoms with Gasteiger partial charge in [-0.15, -0.1) is 0 Å². The largest absolute Gasteiger partial charge is 0.480 e. The number of aliphatic carboxylic acids is 1. The zero-order valence-corrected chi connectivity index (χ0v) is 13.6. The summed E-state index contributed by atoms with van der Waals surface area (Å²) in [4.78, 5) is 23.0. The minimum Gasteiger partial charge on any atom is -0.480 e. The van der Waals surface area contributed by atoms with Gasteiger partial charge in [0.25, 0.3) is 0 Å². The summed E-state index contributed by atoms with van der Waals surface area (Å²) in [5, 5.41) is 15.0. The van der Waals surface area contributed by atoms with E-state index < -0.39 is 23.7 Å². The molecule has 0 aromatic rings. The highest BCUT2D eigenvalue weighted by Crippen LogP contribution is 2.38. The minimum atomic E-state index is -0.921. The summed E-state index contributed by atoms with van der Waals surface area (Å²) >= 11 is 0. The molecule has 7 nitrogen and oxygen atoms in total. The number of nitrogens with one attached hydrogen (secondary N) is 2. The third-order valence-electron chi connectivity index (χ3n) is 4.11. The Kier molecular flexibility index (Phi) is 4.97. The van der Waals surface area contributed by atoms with E-state index in [1.165, 1.54) is 0 Å². The predicted octanol–water partition coefficient (Wildman–Crippen LogP) is 1.12. The highest BCUT2D eigenvalue weighted by molar-refractivity contribution is 5.73. The highest BCUT2D eigenvalue weighted by atomic mass is 16.6. The maximum Gasteiger partial charge on any atom is 0.407 e. The van der Waals surface area contributed by atoms with Gasteiger partial charge in [-0.2, -0.15) is 0 Å². The third-order valence-corrected chi connectivity index (χ3v) is 4.11. The number of fused-ring (bicyclic) bond motifs is 1. The molecule has 126 valence electrons. The summed E-state index contributed by atoms with van der Waals surface area (Å²) in [7, 11) is 0. The van der Waals surface area contributed by atoms with Gasteiger partial charge >= 0.3 is 12.1 Å². The van der Waals surface area contributed by atoms with Crippen LogP contribution < -0.4 is 10.6 Å². The summed E-state index contributed by atoms with van der Waals surface area (Å²) < 4.78 is 11.0. The number of carboxylic acid groups (broad SMARTS) is 1. The molecule has 0 aromatic heterocycles. The quantitative estimate of drug-likeness (QED) is 0.719. The van der Waals surface area contributed by atoms with Gasteiger partial charge in [-0.05, 0) is 40.5 Å². The van der Waals surface area contributed by atoms with Crippen molar-refractivity contribution in [2.75, 3.05) is 6.61 Å². The number of ether oxygens (including phenoxy) is 2. The van der Waals surface area contributed by atoms with Crippen molar-refractivity contribution in [3.63, 3.8) is 0 Å². The van der Waals surface area contributed by atoms with E-state index in [0.717, 1.165) is 12.8 Å². The fourth-order valence-electron chi connectivity index (χ4n) is 3.10. The normalized spacial score (nSPS) is 32.4. The molecule has 5 unspecified atom stereocenters. The van der Waals surface area contributed by atoms with Crippen molar-refractivity contribution >= 4 is 12.1 Å². The summed E-state index contributed by atoms with van der Waals surface area (Å²) in [6, 6.07) is -1.06. The van der Waals surface area contributed by atoms with Crippen LogP contribution in [-0.2, 0) is 14.3 Å². The second-order valence-corrected chi connectivity index (χ2v) is 7.07. The first-order valence-electron chi connectivity index (χ1n) is 7.79. The average Bonchev–Trinajstić information content (AvgIpc) is 2.40. The van der Waals surface area contributed by atoms with Crippen molar-refractivity contribution in [3.05, 3.63) is 0 Å². The predicted molar refractivity (Wildman–Crippen MR) is 79.6 cm³/mol. The molecule has 1 saturated carbocycles. The maximum absolute atomic E-state index is 12.0. The first-order chi connectivity index (χ1) is 10.2. The van der Waals surface area contributed by atoms with Crippen LogP contribution in [0.2, 0.25) is 0 Å². The van der Waals surface area contributed by atoms with Crippen molar-refractivity contribution < 1.29 is 24.2 Å². The molecule has 1 heterocycles. The Hall–Kier alpha value is -1.34. The van der Waals surface area contributed by atoms with Gasteiger partial charge in [0.2, 0.25) is 0 Å². The molecule has 0 radical (unpaired) electrons. The summed E-state index contributed by atoms with van der Waals surface area (Å²) in [5.74, 6) is -0.713. The number of carbonyl (C=O) groups excluding carboxylic acids is 1. The molecule has 3 N–H and O–H groups in total. The van der Waals surface area contributed by atoms with Crippen molar-refractivity contribution in [1.82, 2.24) is 10.6 Å². The number of rotatable bonds is 4. The Bertz CT molecular complexity index is 434. The van der Waals surface area contributed by atoms with Crippen LogP contribution in [0.3, 0.4) is 0 Å². The van der Waals surface area contributed by atoms with Gasteiger partial charge in [-0.3, -0.25) is 10.1 Å². The summed E-state index contributed by atoms with van der Waals surface area (Å²) in [6.07, 6.45) is 1.39. The van der Waals surface area contributed by atoms with Crippen LogP contribution in [0.4, 0.5) is 4.79 Å². The SMILES string of the molecule is CC(NC1C(NC(=O)OC(C)(C)C)C2CCCOC21)C(=O)O. The molecule has 1 saturated heterocycles. The fourth-order valence-corrected chi connectivity index (χ4v) is 3.10. The molecule has 7 heteroatoms. The van der Waals surface area contributed by atoms with E-state index in [9.17, 15) is 9.59 Å². The van der Waals surface area contributed by atoms with E-state index >= 15 is 0 Å². The van der Waals surface area contributed by atoms with Crippen molar-refractivity contribution in [2.45, 2.75) is 70.4 Å². The van der Waals surface area contributed by atoms with E-state index in [1.54, 1.807) is 6.92 Å². The topological polar surface area (TPSA) is 96.9 Å². The van der Waals surface area contributed by atoms with Crippen LogP contribution in [-0.4, -0.2) is 53.6 Å². The van der Waals surface area contributed by atoms with Crippen LogP contribution >= 0.6 is 0 Å². The van der Waals surface area contributed by atoms with Gasteiger partial charge in [0.1, 0.15) is 11.6 Å². The second-order valence-electron chi connectivity index (χ2n) is 7.07. The van der Waals surface area contributed by atoms with Gasteiger partial charge in [-0.25, -0.2) is 4.79 Å². The van der Waals surface area contributed by atoms with Gasteiger partial charge < -0.3 is 19.9 Å². The molecule has 0 bridgehead atoms. The standard InChI is InChI=1S/C15H26N2O5/c1-8(13(18)19)16-11-10(9-6-5-7-21-12(9)11)17-14(20)22-15(2,3)4/h8-12,16H,5-7H2,1-4H3,(H,17,20)(H,18,19). The highest BCUT2D eigenvalue weighted by Gasteiger charge is 2.53. The van der Waals surface area contributed by atoms with Gasteiger partial charge in [0.05, 0.1) is 18.2 Å². The lowest BCUT2D eigenvalue weighted by Crippen LogP contribution is -2.74. The Balaban J connectivity index is 1.99. The Morgan fingerprint density at radius 3 is 2.59 bits per heavy atom. The smallest absolute Gasteiger partial charge is 0.407 e. The Morgan fingerprint density at radius 2 is 2.00 bits per heavy atom. The van der Waals surface area contributed by atoms with Crippen LogP contribution in [0, 0.1) is 5.92 Å². The molecule has 2 fully saturated rings. The second kappa shape index (κ2) is 6.42. The lowest BCUT2D eigenvalue weighted by molar-refractivity contribution is -0.146. The number of alkyl carbamates (subject to hydrolysis) is 1. The zero-order valence-electron chi connectivity index (χ0n) is 13.6. The monoisotopic (exact) mass is 314 g/mol. The molecular formula is C15H26N2O5. The molecule has 1 aliphatic carbocycles. The van der Waals surface area contributed by atoms with Crippen LogP contribution in [0.25, 0.3) is 0 Å². The van der Waals surface area contributed by atoms with Crippen molar-refractivity contribution in [2.24, 2.45) is 5.92 Å². The molecule has 5 atom stereocenters. The van der Waals surface area contributed by atoms with Crippen molar-refractivity contribution in [1.29, 1.82) is 0 Å². The van der Waals surface area contributed by atoms with Gasteiger partial charge in [0.15, 0.2) is 0 Å². The molecule has 0 spiro atoms. The van der Waals surface area contributed by atoms with E-state index in [4.69, 9.17) is 14.6 Å². The summed E-state index contributed by atoms with van der Waals surface area (Å²) in [5.41, 5.74) is -0.562. The van der Waals surface area contributed by atoms with E-state index in [1.807, 2.05) is 20.8 Å². The van der Waals surface area contributed by atoms with Gasteiger partial charge in [0, 0.05) is 12.5 Å². The average molecular weight is 314 g/mol. The van der Waals surface area contributed by atoms with Crippen molar-refractivity contribution in [3.8, 4) is 0 Å². The fraction of sp³-hybridized carbons (Fsp3) is 0.867. The molecule has 2 rings (SSSR count). The number of amides is 1. The minimum absolute atomic E-state index is 0.0458. The third kappa shape index (κ3) is 3.89. The molecule has 1 aliphatic heterocycles. The molecule has 22 heavy (non-hydrogen) atoms. The van der Waals surface area contributed by atoms with Crippen LogP contribution in [0.15, 0.2) is 0 Å². The van der Waals surface area contributed by atoms with E-state index in [2.05, 4.69) is 10.6 Å². The number of hydrogen-bond donors (Lipinski definition) is 3. The maximum atomic E-state index is 12.0. The first-order valence-corrected chi connectivity index (χ1v) is 7.79. The first kappa shape index (κ1) is 17.0.